The number of likely N-dealkylation sites (N-methyl/N-ethyl adjacent to an activating group) is 1. The Hall–Kier alpha value is -1.98. The molecule has 0 aliphatic carbocycles. The van der Waals surface area contributed by atoms with E-state index >= 15 is 0 Å². The second-order valence-corrected chi connectivity index (χ2v) is 8.06. The third kappa shape index (κ3) is 3.67. The third-order valence-corrected chi connectivity index (χ3v) is 6.08. The zero-order valence-corrected chi connectivity index (χ0v) is 16.0. The quantitative estimate of drug-likeness (QED) is 0.788. The molecule has 2 atom stereocenters. The van der Waals surface area contributed by atoms with Crippen LogP contribution in [-0.2, 0) is 0 Å². The molecule has 5 heteroatoms. The summed E-state index contributed by atoms with van der Waals surface area (Å²) in [5.74, 6) is 0.333. The van der Waals surface area contributed by atoms with E-state index in [-0.39, 0.29) is 11.7 Å². The summed E-state index contributed by atoms with van der Waals surface area (Å²) in [6, 6.07) is 12.4. The number of rotatable bonds is 4. The number of carbonyl (C=O) groups excluding carboxylic acids is 2. The molecular formula is C20H24N2O2S. The Balaban J connectivity index is 1.82. The topological polar surface area (TPSA) is 40.6 Å². The number of nitrogens with zero attached hydrogens (tertiary/aromatic N) is 2. The fourth-order valence-electron chi connectivity index (χ4n) is 3.41. The average Bonchev–Trinajstić information content (AvgIpc) is 3.22. The predicted octanol–water partition coefficient (Wildman–Crippen LogP) is 3.43. The van der Waals surface area contributed by atoms with Gasteiger partial charge in [0.1, 0.15) is 0 Å². The molecule has 1 fully saturated rings. The van der Waals surface area contributed by atoms with Gasteiger partial charge in [-0.15, -0.1) is 11.3 Å². The lowest BCUT2D eigenvalue weighted by molar-refractivity contribution is 0.0787. The van der Waals surface area contributed by atoms with Crippen molar-refractivity contribution >= 4 is 23.0 Å². The van der Waals surface area contributed by atoms with Gasteiger partial charge in [-0.3, -0.25) is 9.59 Å². The van der Waals surface area contributed by atoms with Crippen molar-refractivity contribution in [1.29, 1.82) is 0 Å². The van der Waals surface area contributed by atoms with Gasteiger partial charge in [0.25, 0.3) is 5.91 Å². The van der Waals surface area contributed by atoms with Crippen molar-refractivity contribution in [2.24, 2.45) is 0 Å². The number of Topliss-reactive ketones (excluding diaryl/α,β-unsaturated/α-hetero) is 1. The van der Waals surface area contributed by atoms with Crippen molar-refractivity contribution in [2.75, 3.05) is 27.2 Å². The van der Waals surface area contributed by atoms with E-state index in [2.05, 4.69) is 50.2 Å². The zero-order chi connectivity index (χ0) is 18.1. The Bertz CT molecular complexity index is 779. The summed E-state index contributed by atoms with van der Waals surface area (Å²) in [5.41, 5.74) is 2.52. The second-order valence-electron chi connectivity index (χ2n) is 6.98. The van der Waals surface area contributed by atoms with Gasteiger partial charge in [0.05, 0.1) is 9.75 Å². The first kappa shape index (κ1) is 17.8. The molecule has 0 saturated carbocycles. The summed E-state index contributed by atoms with van der Waals surface area (Å²) in [6.07, 6.45) is 0. The minimum absolute atomic E-state index is 0.00849. The molecule has 4 nitrogen and oxygen atoms in total. The number of thiophene rings is 1. The molecule has 0 radical (unpaired) electrons. The summed E-state index contributed by atoms with van der Waals surface area (Å²) in [6.45, 7) is 5.03. The Morgan fingerprint density at radius 1 is 1.04 bits per heavy atom. The zero-order valence-electron chi connectivity index (χ0n) is 15.2. The number of benzene rings is 1. The molecule has 0 N–H and O–H groups in total. The summed E-state index contributed by atoms with van der Waals surface area (Å²) < 4.78 is 0. The molecule has 1 amide bonds. The summed E-state index contributed by atoms with van der Waals surface area (Å²) in [5, 5.41) is 0. The van der Waals surface area contributed by atoms with E-state index in [0.717, 1.165) is 0 Å². The van der Waals surface area contributed by atoms with Gasteiger partial charge in [0.15, 0.2) is 5.78 Å². The fourth-order valence-corrected chi connectivity index (χ4v) is 4.28. The molecule has 0 bridgehead atoms. The van der Waals surface area contributed by atoms with E-state index < -0.39 is 0 Å². The highest BCUT2D eigenvalue weighted by atomic mass is 32.1. The highest BCUT2D eigenvalue weighted by Crippen LogP contribution is 2.32. The minimum Gasteiger partial charge on any atom is -0.336 e. The van der Waals surface area contributed by atoms with Crippen LogP contribution in [0, 0.1) is 6.92 Å². The normalized spacial score (nSPS) is 20.3. The van der Waals surface area contributed by atoms with E-state index in [0.29, 0.717) is 34.8 Å². The van der Waals surface area contributed by atoms with Gasteiger partial charge in [-0.25, -0.2) is 0 Å². The molecule has 2 heterocycles. The number of hydrogen-bond donors (Lipinski definition) is 0. The van der Waals surface area contributed by atoms with Crippen molar-refractivity contribution in [3.05, 3.63) is 57.3 Å². The van der Waals surface area contributed by atoms with E-state index in [1.807, 2.05) is 4.90 Å². The lowest BCUT2D eigenvalue weighted by Crippen LogP contribution is -2.35. The van der Waals surface area contributed by atoms with Crippen molar-refractivity contribution < 1.29 is 9.59 Å². The Morgan fingerprint density at radius 3 is 2.24 bits per heavy atom. The van der Waals surface area contributed by atoms with Crippen LogP contribution in [0.25, 0.3) is 0 Å². The lowest BCUT2D eigenvalue weighted by Gasteiger charge is -2.25. The average molecular weight is 356 g/mol. The minimum atomic E-state index is 0.00849. The largest absolute Gasteiger partial charge is 0.336 e. The molecule has 1 saturated heterocycles. The van der Waals surface area contributed by atoms with Gasteiger partial charge in [0, 0.05) is 25.0 Å². The summed E-state index contributed by atoms with van der Waals surface area (Å²) in [7, 11) is 4.14. The Labute approximate surface area is 153 Å². The molecular weight excluding hydrogens is 332 g/mol. The number of carbonyl (C=O) groups is 2. The smallest absolute Gasteiger partial charge is 0.264 e. The third-order valence-electron chi connectivity index (χ3n) is 4.91. The second kappa shape index (κ2) is 7.10. The molecule has 1 aliphatic heterocycles. The Kier molecular flexibility index (Phi) is 5.06. The highest BCUT2D eigenvalue weighted by Gasteiger charge is 2.37. The molecule has 3 rings (SSSR count). The van der Waals surface area contributed by atoms with Gasteiger partial charge < -0.3 is 9.80 Å². The molecule has 132 valence electrons. The van der Waals surface area contributed by atoms with Gasteiger partial charge in [0.2, 0.25) is 0 Å². The van der Waals surface area contributed by atoms with Crippen LogP contribution in [0.1, 0.15) is 43.3 Å². The van der Waals surface area contributed by atoms with Gasteiger partial charge in [-0.1, -0.05) is 29.8 Å². The van der Waals surface area contributed by atoms with E-state index in [1.54, 1.807) is 12.1 Å². The van der Waals surface area contributed by atoms with E-state index in [9.17, 15) is 9.59 Å². The fraction of sp³-hybridized carbons (Fsp3) is 0.400. The van der Waals surface area contributed by atoms with Crippen LogP contribution in [0.15, 0.2) is 36.4 Å². The maximum atomic E-state index is 12.9. The number of likely N-dealkylation sites (tertiary alicyclic amines) is 1. The number of hydrogen-bond acceptors (Lipinski definition) is 4. The van der Waals surface area contributed by atoms with Crippen molar-refractivity contribution in [2.45, 2.75) is 25.8 Å². The molecule has 25 heavy (non-hydrogen) atoms. The van der Waals surface area contributed by atoms with Crippen LogP contribution in [0.4, 0.5) is 0 Å². The van der Waals surface area contributed by atoms with E-state index in [4.69, 9.17) is 0 Å². The maximum Gasteiger partial charge on any atom is 0.264 e. The first-order valence-corrected chi connectivity index (χ1v) is 9.31. The highest BCUT2D eigenvalue weighted by molar-refractivity contribution is 7.15. The van der Waals surface area contributed by atoms with Crippen LogP contribution >= 0.6 is 11.3 Å². The summed E-state index contributed by atoms with van der Waals surface area (Å²) in [4.78, 5) is 29.8. The van der Waals surface area contributed by atoms with Crippen LogP contribution in [0.3, 0.4) is 0 Å². The van der Waals surface area contributed by atoms with Crippen LogP contribution in [-0.4, -0.2) is 54.7 Å². The van der Waals surface area contributed by atoms with Gasteiger partial charge in [-0.05, 0) is 45.6 Å². The molecule has 2 aromatic rings. The molecule has 1 aromatic carbocycles. The Morgan fingerprint density at radius 2 is 1.68 bits per heavy atom. The number of ketones is 1. The van der Waals surface area contributed by atoms with Crippen LogP contribution < -0.4 is 0 Å². The lowest BCUT2D eigenvalue weighted by atomic mass is 9.93. The number of aryl methyl sites for hydroxylation is 1. The predicted molar refractivity (Wildman–Crippen MR) is 102 cm³/mol. The standard InChI is InChI=1S/C20H24N2O2S/c1-13-5-7-15(8-6-13)16-11-22(12-17(16)21(3)4)20(24)19-10-9-18(25-19)14(2)23/h5-10,16-17H,11-12H2,1-4H3. The monoisotopic (exact) mass is 356 g/mol. The van der Waals surface area contributed by atoms with Crippen LogP contribution in [0.2, 0.25) is 0 Å². The van der Waals surface area contributed by atoms with E-state index in [1.165, 1.54) is 29.4 Å². The molecule has 1 aromatic heterocycles. The van der Waals surface area contributed by atoms with Crippen LogP contribution in [0.5, 0.6) is 0 Å². The van der Waals surface area contributed by atoms with Crippen molar-refractivity contribution in [1.82, 2.24) is 9.80 Å². The number of amides is 1. The maximum absolute atomic E-state index is 12.9. The van der Waals surface area contributed by atoms with Crippen molar-refractivity contribution in [3.8, 4) is 0 Å². The molecule has 2 unspecified atom stereocenters. The van der Waals surface area contributed by atoms with Crippen molar-refractivity contribution in [3.63, 3.8) is 0 Å². The molecule has 0 spiro atoms. The SMILES string of the molecule is CC(=O)c1ccc(C(=O)N2CC(c3ccc(C)cc3)C(N(C)C)C2)s1. The van der Waals surface area contributed by atoms with Gasteiger partial charge in [-0.2, -0.15) is 0 Å². The first-order chi connectivity index (χ1) is 11.9. The molecule has 1 aliphatic rings. The van der Waals surface area contributed by atoms with Gasteiger partial charge >= 0.3 is 0 Å². The first-order valence-electron chi connectivity index (χ1n) is 8.50. The summed E-state index contributed by atoms with van der Waals surface area (Å²) >= 11 is 1.29.